The maximum Gasteiger partial charge on any atom is 0.312 e. The van der Waals surface area contributed by atoms with Crippen LogP contribution in [0.15, 0.2) is 24.3 Å². The average molecular weight is 251 g/mol. The second kappa shape index (κ2) is 5.73. The highest BCUT2D eigenvalue weighted by Crippen LogP contribution is 2.21. The summed E-state index contributed by atoms with van der Waals surface area (Å²) in [5.74, 6) is -0.400. The molecule has 0 atom stereocenters. The molecule has 1 saturated heterocycles. The summed E-state index contributed by atoms with van der Waals surface area (Å²) in [5, 5.41) is 1.54. The van der Waals surface area contributed by atoms with Gasteiger partial charge in [0.2, 0.25) is 0 Å². The van der Waals surface area contributed by atoms with E-state index in [1.807, 2.05) is 0 Å². The van der Waals surface area contributed by atoms with Gasteiger partial charge < -0.3 is 4.84 Å². The molecule has 5 heteroatoms. The topological polar surface area (TPSA) is 46.6 Å². The summed E-state index contributed by atoms with van der Waals surface area (Å²) in [4.78, 5) is 27.0. The van der Waals surface area contributed by atoms with Crippen LogP contribution in [0.1, 0.15) is 23.2 Å². The molecule has 0 unspecified atom stereocenters. The van der Waals surface area contributed by atoms with E-state index in [1.165, 1.54) is 24.3 Å². The number of ketones is 1. The first-order valence-electron chi connectivity index (χ1n) is 5.86. The van der Waals surface area contributed by atoms with Crippen molar-refractivity contribution in [2.75, 3.05) is 13.1 Å². The van der Waals surface area contributed by atoms with Crippen LogP contribution in [0.3, 0.4) is 0 Å². The molecule has 1 fully saturated rings. The summed E-state index contributed by atoms with van der Waals surface area (Å²) in [6.07, 6.45) is 1.29. The van der Waals surface area contributed by atoms with Crippen molar-refractivity contribution in [1.82, 2.24) is 5.06 Å². The lowest BCUT2D eigenvalue weighted by Gasteiger charge is -2.28. The largest absolute Gasteiger partial charge is 0.371 e. The number of piperidine rings is 1. The van der Waals surface area contributed by atoms with Gasteiger partial charge in [0, 0.05) is 24.6 Å². The molecule has 1 aliphatic rings. The van der Waals surface area contributed by atoms with Gasteiger partial charge in [0.15, 0.2) is 5.78 Å². The van der Waals surface area contributed by atoms with Gasteiger partial charge in [-0.25, -0.2) is 4.39 Å². The van der Waals surface area contributed by atoms with Crippen molar-refractivity contribution in [3.63, 3.8) is 0 Å². The van der Waals surface area contributed by atoms with Crippen molar-refractivity contribution >= 4 is 12.3 Å². The molecular formula is C13H14FNO3. The van der Waals surface area contributed by atoms with Crippen molar-refractivity contribution in [3.8, 4) is 0 Å². The first-order valence-corrected chi connectivity index (χ1v) is 5.86. The van der Waals surface area contributed by atoms with Crippen molar-refractivity contribution < 1.29 is 18.8 Å². The van der Waals surface area contributed by atoms with Gasteiger partial charge in [-0.05, 0) is 37.1 Å². The molecule has 4 nitrogen and oxygen atoms in total. The van der Waals surface area contributed by atoms with Gasteiger partial charge in [-0.3, -0.25) is 9.59 Å². The molecule has 0 aromatic heterocycles. The van der Waals surface area contributed by atoms with Crippen molar-refractivity contribution in [2.24, 2.45) is 5.92 Å². The molecule has 96 valence electrons. The maximum absolute atomic E-state index is 12.8. The molecule has 0 spiro atoms. The molecule has 0 bridgehead atoms. The maximum atomic E-state index is 12.8. The first-order chi connectivity index (χ1) is 8.70. The van der Waals surface area contributed by atoms with E-state index < -0.39 is 0 Å². The fourth-order valence-electron chi connectivity index (χ4n) is 2.13. The van der Waals surface area contributed by atoms with Crippen LogP contribution in [0.5, 0.6) is 0 Å². The Morgan fingerprint density at radius 3 is 2.44 bits per heavy atom. The molecule has 2 rings (SSSR count). The van der Waals surface area contributed by atoms with Gasteiger partial charge in [0.05, 0.1) is 0 Å². The third kappa shape index (κ3) is 2.92. The number of hydrogen-bond acceptors (Lipinski definition) is 4. The van der Waals surface area contributed by atoms with Crippen LogP contribution < -0.4 is 0 Å². The van der Waals surface area contributed by atoms with Crippen molar-refractivity contribution in [1.29, 1.82) is 0 Å². The molecule has 1 aromatic rings. The van der Waals surface area contributed by atoms with Gasteiger partial charge in [0.25, 0.3) is 0 Å². The number of benzene rings is 1. The fraction of sp³-hybridized carbons (Fsp3) is 0.385. The molecule has 1 aromatic carbocycles. The summed E-state index contributed by atoms with van der Waals surface area (Å²) < 4.78 is 12.8. The molecule has 0 saturated carbocycles. The molecular weight excluding hydrogens is 237 g/mol. The monoisotopic (exact) mass is 251 g/mol. The quantitative estimate of drug-likeness (QED) is 0.605. The average Bonchev–Trinajstić information content (AvgIpc) is 2.40. The number of halogens is 1. The summed E-state index contributed by atoms with van der Waals surface area (Å²) in [5.41, 5.74) is 0.533. The lowest BCUT2D eigenvalue weighted by molar-refractivity contribution is -0.179. The first kappa shape index (κ1) is 12.7. The Bertz CT molecular complexity index is 424. The van der Waals surface area contributed by atoms with E-state index in [9.17, 15) is 14.0 Å². The Labute approximate surface area is 104 Å². The van der Waals surface area contributed by atoms with E-state index in [4.69, 9.17) is 4.84 Å². The minimum atomic E-state index is -0.347. The fourth-order valence-corrected chi connectivity index (χ4v) is 2.13. The van der Waals surface area contributed by atoms with Crippen LogP contribution in [0.4, 0.5) is 4.39 Å². The molecule has 0 N–H and O–H groups in total. The number of carbonyl (C=O) groups excluding carboxylic acids is 2. The SMILES string of the molecule is O=CON1CCC(C(=O)c2ccc(F)cc2)CC1. The summed E-state index contributed by atoms with van der Waals surface area (Å²) >= 11 is 0. The van der Waals surface area contributed by atoms with Gasteiger partial charge in [-0.2, -0.15) is 0 Å². The molecule has 18 heavy (non-hydrogen) atoms. The van der Waals surface area contributed by atoms with E-state index >= 15 is 0 Å². The number of hydroxylamine groups is 2. The zero-order valence-corrected chi connectivity index (χ0v) is 9.84. The van der Waals surface area contributed by atoms with Crippen LogP contribution in [0, 0.1) is 11.7 Å². The molecule has 0 aliphatic carbocycles. The van der Waals surface area contributed by atoms with Gasteiger partial charge in [-0.1, -0.05) is 0 Å². The Morgan fingerprint density at radius 2 is 1.89 bits per heavy atom. The van der Waals surface area contributed by atoms with Gasteiger partial charge in [-0.15, -0.1) is 5.06 Å². The third-order valence-corrected chi connectivity index (χ3v) is 3.15. The van der Waals surface area contributed by atoms with Crippen molar-refractivity contribution in [2.45, 2.75) is 12.8 Å². The Balaban J connectivity index is 1.95. The minimum absolute atomic E-state index is 0.0285. The van der Waals surface area contributed by atoms with Crippen LogP contribution in [-0.2, 0) is 9.63 Å². The van der Waals surface area contributed by atoms with Gasteiger partial charge >= 0.3 is 6.47 Å². The Morgan fingerprint density at radius 1 is 1.28 bits per heavy atom. The second-order valence-corrected chi connectivity index (χ2v) is 4.28. The van der Waals surface area contributed by atoms with Crippen LogP contribution >= 0.6 is 0 Å². The highest BCUT2D eigenvalue weighted by molar-refractivity contribution is 5.97. The smallest absolute Gasteiger partial charge is 0.312 e. The normalized spacial score (nSPS) is 17.4. The number of Topliss-reactive ketones (excluding diaryl/α,β-unsaturated/α-hetero) is 1. The summed E-state index contributed by atoms with van der Waals surface area (Å²) in [6.45, 7) is 1.49. The second-order valence-electron chi connectivity index (χ2n) is 4.28. The highest BCUT2D eigenvalue weighted by Gasteiger charge is 2.26. The molecule has 1 heterocycles. The molecule has 0 amide bonds. The summed E-state index contributed by atoms with van der Waals surface area (Å²) in [6, 6.07) is 5.59. The zero-order valence-electron chi connectivity index (χ0n) is 9.84. The Hall–Kier alpha value is -1.75. The van der Waals surface area contributed by atoms with E-state index in [0.717, 1.165) is 0 Å². The van der Waals surface area contributed by atoms with Crippen LogP contribution in [0.25, 0.3) is 0 Å². The third-order valence-electron chi connectivity index (χ3n) is 3.15. The minimum Gasteiger partial charge on any atom is -0.371 e. The molecule has 0 radical (unpaired) electrons. The van der Waals surface area contributed by atoms with Gasteiger partial charge in [0.1, 0.15) is 5.82 Å². The van der Waals surface area contributed by atoms with E-state index in [0.29, 0.717) is 38.0 Å². The summed E-state index contributed by atoms with van der Waals surface area (Å²) in [7, 11) is 0. The van der Waals surface area contributed by atoms with Crippen LogP contribution in [-0.4, -0.2) is 30.4 Å². The number of nitrogens with zero attached hydrogens (tertiary/aromatic N) is 1. The highest BCUT2D eigenvalue weighted by atomic mass is 19.1. The van der Waals surface area contributed by atoms with Crippen molar-refractivity contribution in [3.05, 3.63) is 35.6 Å². The number of carbonyl (C=O) groups is 2. The molecule has 1 aliphatic heterocycles. The predicted octanol–water partition coefficient (Wildman–Crippen LogP) is 1.81. The zero-order chi connectivity index (χ0) is 13.0. The van der Waals surface area contributed by atoms with E-state index in [2.05, 4.69) is 0 Å². The van der Waals surface area contributed by atoms with E-state index in [1.54, 1.807) is 5.06 Å². The Kier molecular flexibility index (Phi) is 4.04. The number of rotatable bonds is 4. The number of hydrogen-bond donors (Lipinski definition) is 0. The predicted molar refractivity (Wildman–Crippen MR) is 62.2 cm³/mol. The van der Waals surface area contributed by atoms with Crippen LogP contribution in [0.2, 0.25) is 0 Å². The lowest BCUT2D eigenvalue weighted by Crippen LogP contribution is -2.36. The standard InChI is InChI=1S/C13H14FNO3/c14-12-3-1-10(2-4-12)13(17)11-5-7-15(8-6-11)18-9-16/h1-4,9,11H,5-8H2. The van der Waals surface area contributed by atoms with E-state index in [-0.39, 0.29) is 17.5 Å². The lowest BCUT2D eigenvalue weighted by atomic mass is 9.89.